The average Bonchev–Trinajstić information content (AvgIpc) is 2.93. The van der Waals surface area contributed by atoms with E-state index in [1.807, 2.05) is 6.92 Å². The molecule has 8 nitrogen and oxygen atoms in total. The van der Waals surface area contributed by atoms with E-state index in [2.05, 4.69) is 15.7 Å². The van der Waals surface area contributed by atoms with Crippen LogP contribution in [0.5, 0.6) is 0 Å². The van der Waals surface area contributed by atoms with E-state index in [1.165, 1.54) is 0 Å². The van der Waals surface area contributed by atoms with Gasteiger partial charge in [0.2, 0.25) is 0 Å². The van der Waals surface area contributed by atoms with E-state index in [0.29, 0.717) is 58.6 Å². The molecule has 25 heavy (non-hydrogen) atoms. The van der Waals surface area contributed by atoms with Gasteiger partial charge in [0.1, 0.15) is 5.69 Å². The number of fused-ring (bicyclic) bond motifs is 1. The largest absolute Gasteiger partial charge is 0.276 e. The molecule has 3 rings (SSSR count). The van der Waals surface area contributed by atoms with E-state index in [9.17, 15) is 4.79 Å². The number of carbonyl (C=O) groups excluding carboxylic acids is 1. The first-order chi connectivity index (χ1) is 12.0. The number of amides is 1. The number of nitrogens with zero attached hydrogens (tertiary/aromatic N) is 4. The van der Waals surface area contributed by atoms with Crippen LogP contribution >= 0.6 is 23.2 Å². The van der Waals surface area contributed by atoms with Crippen molar-refractivity contribution < 1.29 is 4.79 Å². The van der Waals surface area contributed by atoms with Crippen molar-refractivity contribution in [3.05, 3.63) is 39.0 Å². The van der Waals surface area contributed by atoms with Crippen LogP contribution in [0.3, 0.4) is 0 Å². The van der Waals surface area contributed by atoms with Crippen molar-refractivity contribution in [2.75, 3.05) is 6.54 Å². The summed E-state index contributed by atoms with van der Waals surface area (Å²) in [6, 6.07) is 3.49. The molecule has 0 bridgehead atoms. The summed E-state index contributed by atoms with van der Waals surface area (Å²) in [5.74, 6) is 5.36. The summed E-state index contributed by atoms with van der Waals surface area (Å²) in [6.07, 6.45) is 0.699. The molecule has 4 N–H and O–H groups in total. The number of hydrazine groups is 1. The second kappa shape index (κ2) is 7.09. The first-order valence-electron chi connectivity index (χ1n) is 7.70. The van der Waals surface area contributed by atoms with E-state index in [0.717, 1.165) is 5.56 Å². The molecule has 0 radical (unpaired) electrons. The summed E-state index contributed by atoms with van der Waals surface area (Å²) in [6.45, 7) is 3.50. The Bertz CT molecular complexity index is 826. The minimum absolute atomic E-state index is 0.322. The number of hydrogen-bond donors (Lipinski definition) is 3. The lowest BCUT2D eigenvalue weighted by Crippen LogP contribution is -2.39. The molecule has 2 aromatic rings. The maximum atomic E-state index is 12.5. The molecule has 2 heterocycles. The van der Waals surface area contributed by atoms with E-state index in [1.54, 1.807) is 21.8 Å². The number of carbonyl (C=O) groups is 1. The Morgan fingerprint density at radius 2 is 2.08 bits per heavy atom. The molecule has 0 saturated carbocycles. The van der Waals surface area contributed by atoms with Gasteiger partial charge in [-0.2, -0.15) is 10.6 Å². The summed E-state index contributed by atoms with van der Waals surface area (Å²) < 4.78 is 1.74. The Balaban J connectivity index is 2.19. The lowest BCUT2D eigenvalue weighted by Gasteiger charge is -2.23. The molecular formula is C15H17Cl2N7O. The van der Waals surface area contributed by atoms with Crippen LogP contribution in [0.15, 0.2) is 17.4 Å². The zero-order valence-corrected chi connectivity index (χ0v) is 15.0. The molecule has 0 aliphatic carbocycles. The predicted octanol–water partition coefficient (Wildman–Crippen LogP) is 2.78. The second-order valence-electron chi connectivity index (χ2n) is 5.69. The Morgan fingerprint density at radius 3 is 2.68 bits per heavy atom. The number of hydrogen-bond acceptors (Lipinski definition) is 6. The smallest absolute Gasteiger partial charge is 0.268 e. The van der Waals surface area contributed by atoms with Crippen molar-refractivity contribution in [1.29, 1.82) is 5.53 Å². The van der Waals surface area contributed by atoms with Crippen LogP contribution in [0.2, 0.25) is 10.0 Å². The van der Waals surface area contributed by atoms with Gasteiger partial charge in [-0.25, -0.2) is 10.4 Å². The Morgan fingerprint density at radius 1 is 1.40 bits per heavy atom. The third kappa shape index (κ3) is 3.25. The number of benzene rings is 1. The van der Waals surface area contributed by atoms with Gasteiger partial charge in [0.05, 0.1) is 24.3 Å². The highest BCUT2D eigenvalue weighted by Crippen LogP contribution is 2.34. The molecule has 132 valence electrons. The topological polar surface area (TPSA) is 112 Å². The van der Waals surface area contributed by atoms with Gasteiger partial charge in [-0.3, -0.25) is 15.3 Å². The van der Waals surface area contributed by atoms with Crippen LogP contribution in [-0.4, -0.2) is 27.2 Å². The second-order valence-corrected chi connectivity index (χ2v) is 6.50. The van der Waals surface area contributed by atoms with Gasteiger partial charge in [-0.1, -0.05) is 35.3 Å². The zero-order valence-electron chi connectivity index (χ0n) is 13.5. The SMILES string of the molecule is CCc1c(Cl)cc(-c2nn3c(c2C(=O)NN=N)CN(N)CC3)cc1Cl. The maximum absolute atomic E-state index is 12.5. The molecule has 1 aliphatic rings. The normalized spacial score (nSPS) is 14.2. The third-order valence-corrected chi connectivity index (χ3v) is 4.84. The van der Waals surface area contributed by atoms with Crippen LogP contribution in [0.25, 0.3) is 11.3 Å². The standard InChI is InChI=1S/C15H17Cl2N7O/c1-2-9-10(16)5-8(6-11(9)17)14-13(15(25)20-22-18)12-7-23(19)3-4-24(12)21-14/h5-6H,2-4,7,19H2,1H3,(H2,18,20,25). The fourth-order valence-electron chi connectivity index (χ4n) is 2.96. The van der Waals surface area contributed by atoms with E-state index in [-0.39, 0.29) is 0 Å². The molecule has 0 spiro atoms. The molecule has 1 amide bonds. The highest BCUT2D eigenvalue weighted by molar-refractivity contribution is 6.36. The van der Waals surface area contributed by atoms with Crippen LogP contribution in [0.1, 0.15) is 28.5 Å². The molecule has 1 aromatic carbocycles. The maximum Gasteiger partial charge on any atom is 0.276 e. The summed E-state index contributed by atoms with van der Waals surface area (Å²) in [4.78, 5) is 12.5. The fraction of sp³-hybridized carbons (Fsp3) is 0.333. The molecule has 0 atom stereocenters. The van der Waals surface area contributed by atoms with E-state index in [4.69, 9.17) is 34.6 Å². The highest BCUT2D eigenvalue weighted by Gasteiger charge is 2.28. The first kappa shape index (κ1) is 17.8. The molecule has 10 heteroatoms. The van der Waals surface area contributed by atoms with Gasteiger partial charge in [-0.05, 0) is 24.1 Å². The number of halogens is 2. The highest BCUT2D eigenvalue weighted by atomic mass is 35.5. The van der Waals surface area contributed by atoms with E-state index < -0.39 is 5.91 Å². The van der Waals surface area contributed by atoms with Crippen molar-refractivity contribution in [1.82, 2.24) is 20.2 Å². The average molecular weight is 382 g/mol. The van der Waals surface area contributed by atoms with Crippen molar-refractivity contribution in [3.8, 4) is 11.3 Å². The predicted molar refractivity (Wildman–Crippen MR) is 94.3 cm³/mol. The monoisotopic (exact) mass is 381 g/mol. The summed E-state index contributed by atoms with van der Waals surface area (Å²) in [5.41, 5.74) is 12.0. The first-order valence-corrected chi connectivity index (χ1v) is 8.46. The van der Waals surface area contributed by atoms with Gasteiger partial charge in [-0.15, -0.1) is 0 Å². The van der Waals surface area contributed by atoms with Gasteiger partial charge in [0.25, 0.3) is 5.91 Å². The van der Waals surface area contributed by atoms with Crippen LogP contribution in [0, 0.1) is 5.53 Å². The Kier molecular flexibility index (Phi) is 5.05. The van der Waals surface area contributed by atoms with E-state index >= 15 is 0 Å². The van der Waals surface area contributed by atoms with Crippen LogP contribution in [-0.2, 0) is 19.5 Å². The molecule has 1 aliphatic heterocycles. The lowest BCUT2D eigenvalue weighted by atomic mass is 10.0. The summed E-state index contributed by atoms with van der Waals surface area (Å²) in [7, 11) is 0. The molecule has 0 unspecified atom stereocenters. The number of aromatic nitrogens is 2. The summed E-state index contributed by atoms with van der Waals surface area (Å²) >= 11 is 12.7. The van der Waals surface area contributed by atoms with Crippen molar-refractivity contribution in [3.63, 3.8) is 0 Å². The van der Waals surface area contributed by atoms with Crippen molar-refractivity contribution >= 4 is 29.1 Å². The molecular weight excluding hydrogens is 365 g/mol. The minimum Gasteiger partial charge on any atom is -0.268 e. The van der Waals surface area contributed by atoms with Gasteiger partial charge in [0, 0.05) is 22.2 Å². The van der Waals surface area contributed by atoms with Gasteiger partial charge >= 0.3 is 0 Å². The zero-order chi connectivity index (χ0) is 18.1. The molecule has 0 fully saturated rings. The van der Waals surface area contributed by atoms with Crippen molar-refractivity contribution in [2.24, 2.45) is 11.1 Å². The Hall–Kier alpha value is -2.00. The molecule has 0 saturated heterocycles. The van der Waals surface area contributed by atoms with Gasteiger partial charge < -0.3 is 0 Å². The Labute approximate surface area is 154 Å². The quantitative estimate of drug-likeness (QED) is 0.429. The third-order valence-electron chi connectivity index (χ3n) is 4.16. The van der Waals surface area contributed by atoms with Crippen molar-refractivity contribution in [2.45, 2.75) is 26.4 Å². The van der Waals surface area contributed by atoms with Crippen LogP contribution < -0.4 is 11.3 Å². The number of nitrogens with one attached hydrogen (secondary N) is 2. The number of rotatable bonds is 4. The fourth-order valence-corrected chi connectivity index (χ4v) is 3.72. The summed E-state index contributed by atoms with van der Waals surface area (Å²) in [5, 5.41) is 10.2. The van der Waals surface area contributed by atoms with Gasteiger partial charge in [0.15, 0.2) is 0 Å². The van der Waals surface area contributed by atoms with Crippen LogP contribution in [0.4, 0.5) is 0 Å². The molecule has 1 aromatic heterocycles. The number of nitrogens with two attached hydrogens (primary N) is 1. The minimum atomic E-state index is -0.520. The lowest BCUT2D eigenvalue weighted by molar-refractivity contribution is 0.0947.